The second kappa shape index (κ2) is 6.51. The van der Waals surface area contributed by atoms with Gasteiger partial charge in [-0.2, -0.15) is 0 Å². The van der Waals surface area contributed by atoms with E-state index < -0.39 is 0 Å². The quantitative estimate of drug-likeness (QED) is 0.816. The van der Waals surface area contributed by atoms with Gasteiger partial charge in [-0.1, -0.05) is 45.7 Å². The average Bonchev–Trinajstić information content (AvgIpc) is 2.39. The van der Waals surface area contributed by atoms with E-state index in [0.717, 1.165) is 16.6 Å². The maximum Gasteiger partial charge on any atom is 0.141 e. The minimum atomic E-state index is -0.385. The van der Waals surface area contributed by atoms with Crippen molar-refractivity contribution in [1.29, 1.82) is 0 Å². The topological polar surface area (TPSA) is 12.0 Å². The fourth-order valence-corrected chi connectivity index (χ4v) is 2.45. The van der Waals surface area contributed by atoms with E-state index in [-0.39, 0.29) is 16.9 Å². The Hall–Kier alpha value is -0.900. The van der Waals surface area contributed by atoms with Crippen LogP contribution in [0.5, 0.6) is 0 Å². The van der Waals surface area contributed by atoms with Gasteiger partial charge in [0.05, 0.1) is 5.02 Å². The van der Waals surface area contributed by atoms with Crippen LogP contribution < -0.4 is 5.32 Å². The molecular weight excluding hydrogens is 329 g/mol. The second-order valence-electron chi connectivity index (χ2n) is 4.41. The Morgan fingerprint density at radius 2 is 2.05 bits per heavy atom. The van der Waals surface area contributed by atoms with Crippen molar-refractivity contribution in [3.05, 3.63) is 68.9 Å². The SMILES string of the molecule is CC(NCc1cccc(Br)c1)c1ccc(F)c(Cl)c1. The summed E-state index contributed by atoms with van der Waals surface area (Å²) in [4.78, 5) is 0. The molecule has 0 aliphatic rings. The summed E-state index contributed by atoms with van der Waals surface area (Å²) in [6.45, 7) is 2.77. The van der Waals surface area contributed by atoms with Crippen molar-refractivity contribution in [2.75, 3.05) is 0 Å². The molecule has 1 unspecified atom stereocenters. The van der Waals surface area contributed by atoms with Gasteiger partial charge < -0.3 is 5.32 Å². The Morgan fingerprint density at radius 1 is 1.26 bits per heavy atom. The number of halogens is 3. The molecule has 2 rings (SSSR count). The van der Waals surface area contributed by atoms with E-state index in [9.17, 15) is 4.39 Å². The molecule has 0 fully saturated rings. The summed E-state index contributed by atoms with van der Waals surface area (Å²) in [5.41, 5.74) is 2.16. The minimum Gasteiger partial charge on any atom is -0.306 e. The first-order valence-corrected chi connectivity index (χ1v) is 7.16. The summed E-state index contributed by atoms with van der Waals surface area (Å²) in [7, 11) is 0. The van der Waals surface area contributed by atoms with Gasteiger partial charge in [0.1, 0.15) is 5.82 Å². The molecule has 0 amide bonds. The molecule has 1 nitrogen and oxygen atoms in total. The lowest BCUT2D eigenvalue weighted by molar-refractivity contribution is 0.571. The summed E-state index contributed by atoms with van der Waals surface area (Å²) < 4.78 is 14.2. The Bertz CT molecular complexity index is 574. The molecule has 0 saturated carbocycles. The number of benzene rings is 2. The highest BCUT2D eigenvalue weighted by atomic mass is 79.9. The minimum absolute atomic E-state index is 0.108. The van der Waals surface area contributed by atoms with Crippen molar-refractivity contribution in [3.63, 3.8) is 0 Å². The van der Waals surface area contributed by atoms with E-state index >= 15 is 0 Å². The van der Waals surface area contributed by atoms with Crippen LogP contribution in [0.2, 0.25) is 5.02 Å². The normalized spacial score (nSPS) is 12.4. The Labute approximate surface area is 125 Å². The Morgan fingerprint density at radius 3 is 2.74 bits per heavy atom. The van der Waals surface area contributed by atoms with E-state index in [1.165, 1.54) is 11.6 Å². The predicted molar refractivity (Wildman–Crippen MR) is 80.8 cm³/mol. The fraction of sp³-hybridized carbons (Fsp3) is 0.200. The van der Waals surface area contributed by atoms with Crippen LogP contribution in [0.4, 0.5) is 4.39 Å². The molecule has 0 bridgehead atoms. The molecule has 100 valence electrons. The van der Waals surface area contributed by atoms with Crippen LogP contribution in [0, 0.1) is 5.82 Å². The van der Waals surface area contributed by atoms with Gasteiger partial charge in [0.25, 0.3) is 0 Å². The number of rotatable bonds is 4. The van der Waals surface area contributed by atoms with Crippen molar-refractivity contribution in [3.8, 4) is 0 Å². The van der Waals surface area contributed by atoms with Crippen LogP contribution >= 0.6 is 27.5 Å². The maximum atomic E-state index is 13.1. The zero-order chi connectivity index (χ0) is 13.8. The molecule has 0 aliphatic carbocycles. The van der Waals surface area contributed by atoms with Crippen LogP contribution in [-0.2, 0) is 6.54 Å². The Kier molecular flexibility index (Phi) is 4.97. The molecule has 0 spiro atoms. The maximum absolute atomic E-state index is 13.1. The third-order valence-electron chi connectivity index (χ3n) is 2.95. The van der Waals surface area contributed by atoms with Crippen LogP contribution in [0.1, 0.15) is 24.1 Å². The highest BCUT2D eigenvalue weighted by molar-refractivity contribution is 9.10. The highest BCUT2D eigenvalue weighted by Crippen LogP contribution is 2.21. The van der Waals surface area contributed by atoms with Crippen molar-refractivity contribution in [2.24, 2.45) is 0 Å². The molecule has 1 N–H and O–H groups in total. The van der Waals surface area contributed by atoms with Crippen molar-refractivity contribution >= 4 is 27.5 Å². The molecule has 4 heteroatoms. The molecule has 0 radical (unpaired) electrons. The van der Waals surface area contributed by atoms with Crippen molar-refractivity contribution < 1.29 is 4.39 Å². The lowest BCUT2D eigenvalue weighted by atomic mass is 10.1. The summed E-state index contributed by atoms with van der Waals surface area (Å²) in [6.07, 6.45) is 0. The first kappa shape index (κ1) is 14.5. The lowest BCUT2D eigenvalue weighted by Gasteiger charge is -2.15. The smallest absolute Gasteiger partial charge is 0.141 e. The van der Waals surface area contributed by atoms with E-state index in [1.54, 1.807) is 12.1 Å². The predicted octanol–water partition coefficient (Wildman–Crippen LogP) is 5.09. The average molecular weight is 343 g/mol. The monoisotopic (exact) mass is 341 g/mol. The van der Waals surface area contributed by atoms with Crippen molar-refractivity contribution in [1.82, 2.24) is 5.32 Å². The fourth-order valence-electron chi connectivity index (χ4n) is 1.82. The van der Waals surface area contributed by atoms with Gasteiger partial charge in [-0.15, -0.1) is 0 Å². The molecule has 2 aromatic rings. The van der Waals surface area contributed by atoms with Gasteiger partial charge in [-0.3, -0.25) is 0 Å². The van der Waals surface area contributed by atoms with Gasteiger partial charge >= 0.3 is 0 Å². The number of nitrogens with one attached hydrogen (secondary N) is 1. The van der Waals surface area contributed by atoms with E-state index in [0.29, 0.717) is 0 Å². The standard InChI is InChI=1S/C15H14BrClFN/c1-10(12-5-6-15(18)14(17)8-12)19-9-11-3-2-4-13(16)7-11/h2-8,10,19H,9H2,1H3. The van der Waals surface area contributed by atoms with Crippen LogP contribution in [0.25, 0.3) is 0 Å². The zero-order valence-electron chi connectivity index (χ0n) is 10.5. The number of hydrogen-bond donors (Lipinski definition) is 1. The molecule has 0 aromatic heterocycles. The van der Waals surface area contributed by atoms with E-state index in [2.05, 4.69) is 33.4 Å². The molecule has 0 saturated heterocycles. The highest BCUT2D eigenvalue weighted by Gasteiger charge is 2.08. The summed E-state index contributed by atoms with van der Waals surface area (Å²) >= 11 is 9.23. The summed E-state index contributed by atoms with van der Waals surface area (Å²) in [6, 6.07) is 13.0. The molecule has 0 heterocycles. The zero-order valence-corrected chi connectivity index (χ0v) is 12.8. The molecule has 0 aliphatic heterocycles. The van der Waals surface area contributed by atoms with Gasteiger partial charge in [0.15, 0.2) is 0 Å². The molecule has 1 atom stereocenters. The Balaban J connectivity index is 2.01. The summed E-state index contributed by atoms with van der Waals surface area (Å²) in [5, 5.41) is 3.55. The van der Waals surface area contributed by atoms with Gasteiger partial charge in [-0.05, 0) is 42.3 Å². The second-order valence-corrected chi connectivity index (χ2v) is 5.73. The molecule has 19 heavy (non-hydrogen) atoms. The van der Waals surface area contributed by atoms with Gasteiger partial charge in [-0.25, -0.2) is 4.39 Å². The van der Waals surface area contributed by atoms with Crippen LogP contribution in [-0.4, -0.2) is 0 Å². The first-order valence-electron chi connectivity index (χ1n) is 5.99. The third kappa shape index (κ3) is 4.03. The molecule has 2 aromatic carbocycles. The summed E-state index contributed by atoms with van der Waals surface area (Å²) in [5.74, 6) is -0.385. The largest absolute Gasteiger partial charge is 0.306 e. The first-order chi connectivity index (χ1) is 9.06. The molecular formula is C15H14BrClFN. The van der Waals surface area contributed by atoms with Gasteiger partial charge in [0, 0.05) is 17.1 Å². The van der Waals surface area contributed by atoms with Crippen molar-refractivity contribution in [2.45, 2.75) is 19.5 Å². The van der Waals surface area contributed by atoms with Crippen LogP contribution in [0.15, 0.2) is 46.9 Å². The van der Waals surface area contributed by atoms with Crippen LogP contribution in [0.3, 0.4) is 0 Å². The van der Waals surface area contributed by atoms with E-state index in [4.69, 9.17) is 11.6 Å². The van der Waals surface area contributed by atoms with E-state index in [1.807, 2.05) is 19.1 Å². The third-order valence-corrected chi connectivity index (χ3v) is 3.73. The number of hydrogen-bond acceptors (Lipinski definition) is 1. The lowest BCUT2D eigenvalue weighted by Crippen LogP contribution is -2.18. The van der Waals surface area contributed by atoms with Gasteiger partial charge in [0.2, 0.25) is 0 Å².